The summed E-state index contributed by atoms with van der Waals surface area (Å²) in [6.45, 7) is 2.37. The Morgan fingerprint density at radius 1 is 1.33 bits per heavy atom. The molecule has 0 saturated carbocycles. The van der Waals surface area contributed by atoms with Crippen LogP contribution in [-0.4, -0.2) is 12.9 Å². The van der Waals surface area contributed by atoms with Crippen molar-refractivity contribution in [1.82, 2.24) is 0 Å². The van der Waals surface area contributed by atoms with Gasteiger partial charge in [-0.2, -0.15) is 4.98 Å². The second-order valence-corrected chi connectivity index (χ2v) is 7.28. The fourth-order valence-electron chi connectivity index (χ4n) is 2.63. The van der Waals surface area contributed by atoms with Gasteiger partial charge in [-0.15, -0.1) is 0 Å². The number of carbonyl (C=O) groups is 1. The minimum Gasteiger partial charge on any atom is -0.397 e. The Morgan fingerprint density at radius 2 is 2.08 bits per heavy atom. The lowest BCUT2D eigenvalue weighted by Crippen LogP contribution is -2.09. The van der Waals surface area contributed by atoms with Gasteiger partial charge in [-0.1, -0.05) is 34.5 Å². The first-order valence-electron chi connectivity index (χ1n) is 7.14. The van der Waals surface area contributed by atoms with Crippen LogP contribution in [-0.2, 0) is 11.3 Å². The van der Waals surface area contributed by atoms with Gasteiger partial charge in [0.1, 0.15) is 4.88 Å². The van der Waals surface area contributed by atoms with Crippen molar-refractivity contribution in [3.05, 3.63) is 56.0 Å². The van der Waals surface area contributed by atoms with Crippen molar-refractivity contribution in [2.24, 2.45) is 0 Å². The third-order valence-electron chi connectivity index (χ3n) is 3.65. The summed E-state index contributed by atoms with van der Waals surface area (Å²) < 4.78 is 5.25. The van der Waals surface area contributed by atoms with Gasteiger partial charge in [0.2, 0.25) is 5.78 Å². The minimum atomic E-state index is -0.218. The molecule has 0 spiro atoms. The van der Waals surface area contributed by atoms with E-state index in [0.29, 0.717) is 32.8 Å². The van der Waals surface area contributed by atoms with Crippen LogP contribution in [0.15, 0.2) is 24.3 Å². The van der Waals surface area contributed by atoms with E-state index in [4.69, 9.17) is 33.7 Å². The highest BCUT2D eigenvalue weighted by molar-refractivity contribution is 7.21. The number of nitrogens with one attached hydrogen (secondary N) is 1. The topological polar surface area (TPSA) is 66.5 Å². The Labute approximate surface area is 153 Å². The number of aromatic amines is 1. The maximum absolute atomic E-state index is 12.9. The zero-order valence-corrected chi connectivity index (χ0v) is 15.4. The van der Waals surface area contributed by atoms with E-state index in [1.54, 1.807) is 25.3 Å². The number of hydrogen-bond donors (Lipinski definition) is 1. The van der Waals surface area contributed by atoms with Gasteiger partial charge in [-0.25, -0.2) is 0 Å². The number of aryl methyl sites for hydroxylation is 1. The zero-order chi connectivity index (χ0) is 17.4. The standard InChI is InChI=1S/C17H14Cl2N2O2S/c1-8-5-9(7-23-2)13-14(20)16(24-17(13)21-8)15(22)11-4-3-10(18)6-12(11)19/h3-6H,7,20H2,1-2H3/p+1. The molecule has 0 aliphatic carbocycles. The lowest BCUT2D eigenvalue weighted by Gasteiger charge is -2.04. The molecule has 3 aromatic rings. The molecule has 7 heteroatoms. The van der Waals surface area contributed by atoms with Crippen molar-refractivity contribution >= 4 is 56.2 Å². The van der Waals surface area contributed by atoms with Crippen LogP contribution < -0.4 is 10.7 Å². The number of halogens is 2. The molecule has 0 aliphatic rings. The Hall–Kier alpha value is -1.66. The number of fused-ring (bicyclic) bond motifs is 1. The number of ketones is 1. The predicted molar refractivity (Wildman–Crippen MR) is 98.1 cm³/mol. The number of H-pyrrole nitrogens is 1. The minimum absolute atomic E-state index is 0.218. The molecule has 3 N–H and O–H groups in total. The Kier molecular flexibility index (Phi) is 4.78. The molecule has 0 saturated heterocycles. The summed E-state index contributed by atoms with van der Waals surface area (Å²) in [4.78, 5) is 17.4. The SMILES string of the molecule is COCc1cc(C)[nH+]c2sc(C(=O)c3ccc(Cl)cc3Cl)c(N)c12. The molecular weight excluding hydrogens is 367 g/mol. The highest BCUT2D eigenvalue weighted by atomic mass is 35.5. The van der Waals surface area contributed by atoms with Crippen molar-refractivity contribution in [3.63, 3.8) is 0 Å². The van der Waals surface area contributed by atoms with Gasteiger partial charge in [-0.3, -0.25) is 4.79 Å². The molecule has 4 nitrogen and oxygen atoms in total. The van der Waals surface area contributed by atoms with E-state index in [1.165, 1.54) is 11.3 Å². The first kappa shape index (κ1) is 17.2. The van der Waals surface area contributed by atoms with Gasteiger partial charge < -0.3 is 10.5 Å². The lowest BCUT2D eigenvalue weighted by atomic mass is 10.1. The molecule has 0 atom stereocenters. The van der Waals surface area contributed by atoms with Crippen LogP contribution in [0.4, 0.5) is 5.69 Å². The molecular formula is C17H15Cl2N2O2S+. The van der Waals surface area contributed by atoms with Crippen LogP contribution in [0.1, 0.15) is 26.5 Å². The van der Waals surface area contributed by atoms with Crippen molar-refractivity contribution in [1.29, 1.82) is 0 Å². The summed E-state index contributed by atoms with van der Waals surface area (Å²) in [5, 5.41) is 1.61. The molecule has 2 heterocycles. The van der Waals surface area contributed by atoms with E-state index in [9.17, 15) is 4.79 Å². The van der Waals surface area contributed by atoms with Gasteiger partial charge in [-0.05, 0) is 18.2 Å². The monoisotopic (exact) mass is 381 g/mol. The van der Waals surface area contributed by atoms with Crippen molar-refractivity contribution in [2.45, 2.75) is 13.5 Å². The highest BCUT2D eigenvalue weighted by Gasteiger charge is 2.25. The van der Waals surface area contributed by atoms with E-state index < -0.39 is 0 Å². The number of rotatable bonds is 4. The molecule has 2 aromatic heterocycles. The van der Waals surface area contributed by atoms with Gasteiger partial charge in [0.15, 0.2) is 5.69 Å². The van der Waals surface area contributed by atoms with Crippen LogP contribution in [0.25, 0.3) is 10.2 Å². The first-order valence-corrected chi connectivity index (χ1v) is 8.72. The third-order valence-corrected chi connectivity index (χ3v) is 5.32. The molecule has 24 heavy (non-hydrogen) atoms. The number of nitrogen functional groups attached to an aromatic ring is 1. The van der Waals surface area contributed by atoms with Gasteiger partial charge in [0.05, 0.1) is 22.7 Å². The second kappa shape index (κ2) is 6.69. The highest BCUT2D eigenvalue weighted by Crippen LogP contribution is 2.36. The molecule has 1 aromatic carbocycles. The van der Waals surface area contributed by atoms with E-state index in [-0.39, 0.29) is 5.78 Å². The maximum atomic E-state index is 12.9. The normalized spacial score (nSPS) is 11.2. The van der Waals surface area contributed by atoms with Crippen molar-refractivity contribution in [3.8, 4) is 0 Å². The summed E-state index contributed by atoms with van der Waals surface area (Å²) in [5.74, 6) is -0.218. The summed E-state index contributed by atoms with van der Waals surface area (Å²) in [7, 11) is 1.62. The van der Waals surface area contributed by atoms with Crippen molar-refractivity contribution < 1.29 is 14.5 Å². The van der Waals surface area contributed by atoms with E-state index in [1.807, 2.05) is 13.0 Å². The first-order chi connectivity index (χ1) is 11.4. The average molecular weight is 382 g/mol. The fourth-order valence-corrected chi connectivity index (χ4v) is 4.30. The van der Waals surface area contributed by atoms with Gasteiger partial charge in [0, 0.05) is 36.2 Å². The van der Waals surface area contributed by atoms with Crippen LogP contribution >= 0.6 is 34.5 Å². The molecule has 3 rings (SSSR count). The van der Waals surface area contributed by atoms with Crippen molar-refractivity contribution in [2.75, 3.05) is 12.8 Å². The zero-order valence-electron chi connectivity index (χ0n) is 13.1. The van der Waals surface area contributed by atoms with Crippen LogP contribution in [0, 0.1) is 6.92 Å². The number of anilines is 1. The molecule has 0 unspecified atom stereocenters. The van der Waals surface area contributed by atoms with Crippen LogP contribution in [0.3, 0.4) is 0 Å². The fraction of sp³-hybridized carbons (Fsp3) is 0.176. The number of pyridine rings is 1. The largest absolute Gasteiger partial charge is 0.397 e. The number of benzene rings is 1. The van der Waals surface area contributed by atoms with Crippen LogP contribution in [0.2, 0.25) is 10.0 Å². The Morgan fingerprint density at radius 3 is 2.75 bits per heavy atom. The van der Waals surface area contributed by atoms with Gasteiger partial charge in [0.25, 0.3) is 4.83 Å². The number of carbonyl (C=O) groups excluding carboxylic acids is 1. The molecule has 0 aliphatic heterocycles. The number of aromatic nitrogens is 1. The Bertz CT molecular complexity index is 953. The number of hydrogen-bond acceptors (Lipinski definition) is 4. The number of ether oxygens (including phenoxy) is 1. The lowest BCUT2D eigenvalue weighted by molar-refractivity contribution is -0.351. The third kappa shape index (κ3) is 3.00. The summed E-state index contributed by atoms with van der Waals surface area (Å²) in [6, 6.07) is 6.77. The summed E-state index contributed by atoms with van der Waals surface area (Å²) in [6.07, 6.45) is 0. The van der Waals surface area contributed by atoms with E-state index >= 15 is 0 Å². The Balaban J connectivity index is 2.18. The van der Waals surface area contributed by atoms with E-state index in [0.717, 1.165) is 21.5 Å². The molecule has 124 valence electrons. The van der Waals surface area contributed by atoms with Crippen LogP contribution in [0.5, 0.6) is 0 Å². The summed E-state index contributed by atoms with van der Waals surface area (Å²) in [5.41, 5.74) is 9.02. The predicted octanol–water partition coefficient (Wildman–Crippen LogP) is 4.29. The van der Waals surface area contributed by atoms with Gasteiger partial charge >= 0.3 is 0 Å². The molecule has 0 fully saturated rings. The molecule has 0 amide bonds. The molecule has 0 bridgehead atoms. The average Bonchev–Trinajstić information content (AvgIpc) is 2.83. The number of methoxy groups -OCH3 is 1. The van der Waals surface area contributed by atoms with E-state index in [2.05, 4.69) is 4.98 Å². The molecule has 0 radical (unpaired) electrons. The number of thiophene rings is 1. The number of nitrogens with two attached hydrogens (primary N) is 1. The smallest absolute Gasteiger partial charge is 0.270 e. The summed E-state index contributed by atoms with van der Waals surface area (Å²) >= 11 is 13.4. The quantitative estimate of drug-likeness (QED) is 0.685. The maximum Gasteiger partial charge on any atom is 0.270 e. The second-order valence-electron chi connectivity index (χ2n) is 5.41.